The predicted octanol–water partition coefficient (Wildman–Crippen LogP) is 17.2. The number of nitrogens with zero attached hydrogens (tertiary/aromatic N) is 4. The van der Waals surface area contributed by atoms with Gasteiger partial charge in [0.1, 0.15) is 11.5 Å². The van der Waals surface area contributed by atoms with Crippen molar-refractivity contribution in [2.24, 2.45) is 10.8 Å². The Balaban J connectivity index is 0.000000222. The average molecular weight is 1440 g/mol. The fourth-order valence-electron chi connectivity index (χ4n) is 10.6. The summed E-state index contributed by atoms with van der Waals surface area (Å²) in [6.07, 6.45) is 21.1. The fraction of sp³-hybridized carbons (Fsp3) is 0.333. The quantitative estimate of drug-likeness (QED) is 0.0275. The number of hydrogen-bond acceptors (Lipinski definition) is 10. The Morgan fingerprint density at radius 2 is 0.691 bits per heavy atom. The van der Waals surface area contributed by atoms with Crippen molar-refractivity contribution >= 4 is 23.6 Å². The van der Waals surface area contributed by atoms with Gasteiger partial charge in [0.25, 0.3) is 23.6 Å². The standard InChI is InChI=1S/2C35H33N2O3.C11H24O2.Ir/c2*38-34-20-21-35(39)37(34)24-8-3-1-2-4-9-25-40-32-18-16-28(17-19-32)27-12-14-29(15-13-27)31-22-23-36-33(26-31)30-10-6-5-7-11-30;1-10(2,3)8(12)7-9(13)11(4,5)6;/h2*5-7,10,12-23,26H,1-4,8-9,24-25H2;8-9,12-13H,7H2,1-6H3;/q2*-1;;. The summed E-state index contributed by atoms with van der Waals surface area (Å²) in [4.78, 5) is 57.8. The monoisotopic (exact) mass is 1440 g/mol. The van der Waals surface area contributed by atoms with Gasteiger partial charge in [0.05, 0.1) is 25.4 Å². The van der Waals surface area contributed by atoms with Crippen LogP contribution in [0.4, 0.5) is 0 Å². The number of amides is 4. The van der Waals surface area contributed by atoms with Crippen molar-refractivity contribution in [3.05, 3.63) is 219 Å². The van der Waals surface area contributed by atoms with Crippen LogP contribution in [-0.4, -0.2) is 92.1 Å². The van der Waals surface area contributed by atoms with Crippen LogP contribution < -0.4 is 9.47 Å². The van der Waals surface area contributed by atoms with E-state index in [-0.39, 0.29) is 54.6 Å². The minimum Gasteiger partial charge on any atom is -0.494 e. The number of unbranched alkanes of at least 4 members (excludes halogenated alkanes) is 10. The van der Waals surface area contributed by atoms with Crippen molar-refractivity contribution in [3.63, 3.8) is 0 Å². The van der Waals surface area contributed by atoms with Gasteiger partial charge < -0.3 is 29.7 Å². The molecule has 2 unspecified atom stereocenters. The van der Waals surface area contributed by atoms with E-state index in [2.05, 4.69) is 107 Å². The molecule has 4 amide bonds. The van der Waals surface area contributed by atoms with Gasteiger partial charge in [0.15, 0.2) is 0 Å². The van der Waals surface area contributed by atoms with Crippen molar-refractivity contribution in [1.29, 1.82) is 0 Å². The third kappa shape index (κ3) is 22.9. The van der Waals surface area contributed by atoms with Crippen LogP contribution in [-0.2, 0) is 39.3 Å². The SMILES string of the molecule is CC(C)(C)C(O)CC(O)C(C)(C)C.O=C1C=CC(=O)N1CCCCCCCCOc1ccc(-c2ccc(-c3ccnc(-c4[c-]cccc4)c3)cc2)cc1.O=C1C=CC(=O)N1CCCCCCCCOc1ccc(-c2ccc(-c3ccnc(-c4[c-]cccc4)c3)cc2)cc1.[Ir]. The van der Waals surface area contributed by atoms with Gasteiger partial charge in [-0.2, -0.15) is 0 Å². The van der Waals surface area contributed by atoms with Crippen molar-refractivity contribution in [1.82, 2.24) is 19.8 Å². The Morgan fingerprint density at radius 3 is 1.00 bits per heavy atom. The van der Waals surface area contributed by atoms with E-state index in [1.807, 2.05) is 139 Å². The molecule has 10 rings (SSSR count). The van der Waals surface area contributed by atoms with Gasteiger partial charge in [0, 0.05) is 76.3 Å². The summed E-state index contributed by atoms with van der Waals surface area (Å²) < 4.78 is 11.9. The Morgan fingerprint density at radius 1 is 0.394 bits per heavy atom. The summed E-state index contributed by atoms with van der Waals surface area (Å²) in [5.74, 6) is 1.01. The van der Waals surface area contributed by atoms with Crippen molar-refractivity contribution < 1.29 is 59.0 Å². The van der Waals surface area contributed by atoms with Gasteiger partial charge in [-0.05, 0) is 129 Å². The molecule has 2 atom stereocenters. The molecule has 2 aromatic heterocycles. The molecular formula is C81H90IrN4O8-2. The zero-order valence-corrected chi connectivity index (χ0v) is 57.7. The normalized spacial score (nSPS) is 13.4. The summed E-state index contributed by atoms with van der Waals surface area (Å²) >= 11 is 0. The van der Waals surface area contributed by atoms with E-state index in [1.54, 1.807) is 0 Å². The molecule has 1 radical (unpaired) electrons. The minimum absolute atomic E-state index is 0. The molecule has 2 N–H and O–H groups in total. The topological polar surface area (TPSA) is 159 Å². The van der Waals surface area contributed by atoms with Gasteiger partial charge in [-0.25, -0.2) is 0 Å². The number of carbonyl (C=O) groups excluding carboxylic acids is 4. The van der Waals surface area contributed by atoms with Crippen LogP contribution in [0.5, 0.6) is 11.5 Å². The van der Waals surface area contributed by atoms with E-state index in [9.17, 15) is 29.4 Å². The molecule has 12 nitrogen and oxygen atoms in total. The number of hydrogen-bond donors (Lipinski definition) is 2. The summed E-state index contributed by atoms with van der Waals surface area (Å²) in [5.41, 5.74) is 12.7. The van der Waals surface area contributed by atoms with Gasteiger partial charge in [-0.15, -0.1) is 71.8 Å². The summed E-state index contributed by atoms with van der Waals surface area (Å²) in [6.45, 7) is 14.3. The molecule has 8 aromatic rings. The van der Waals surface area contributed by atoms with Gasteiger partial charge in [-0.3, -0.25) is 29.0 Å². The molecule has 2 aliphatic heterocycles. The van der Waals surface area contributed by atoms with E-state index >= 15 is 0 Å². The number of pyridine rings is 2. The summed E-state index contributed by atoms with van der Waals surface area (Å²) in [6, 6.07) is 64.3. The zero-order chi connectivity index (χ0) is 66.0. The van der Waals surface area contributed by atoms with Crippen LogP contribution in [0.15, 0.2) is 207 Å². The predicted molar refractivity (Wildman–Crippen MR) is 372 cm³/mol. The third-order valence-electron chi connectivity index (χ3n) is 16.6. The molecule has 0 aliphatic carbocycles. The second-order valence-electron chi connectivity index (χ2n) is 25.9. The van der Waals surface area contributed by atoms with Crippen LogP contribution in [0.3, 0.4) is 0 Å². The number of benzene rings is 6. The van der Waals surface area contributed by atoms with Crippen LogP contribution >= 0.6 is 0 Å². The van der Waals surface area contributed by atoms with E-state index in [1.165, 1.54) is 34.1 Å². The molecule has 94 heavy (non-hydrogen) atoms. The average Bonchev–Trinajstić information content (AvgIpc) is 3.45. The summed E-state index contributed by atoms with van der Waals surface area (Å²) in [5, 5.41) is 19.5. The first-order valence-corrected chi connectivity index (χ1v) is 32.9. The van der Waals surface area contributed by atoms with Crippen LogP contribution in [0.1, 0.15) is 125 Å². The number of carbonyl (C=O) groups is 4. The maximum atomic E-state index is 11.5. The maximum absolute atomic E-state index is 11.5. The van der Waals surface area contributed by atoms with Gasteiger partial charge in [-0.1, -0.05) is 178 Å². The number of aromatic nitrogens is 2. The zero-order valence-electron chi connectivity index (χ0n) is 55.3. The molecule has 0 spiro atoms. The van der Waals surface area contributed by atoms with Crippen molar-refractivity contribution in [2.45, 2.75) is 137 Å². The molecule has 6 aromatic carbocycles. The van der Waals surface area contributed by atoms with Crippen LogP contribution in [0.25, 0.3) is 67.0 Å². The van der Waals surface area contributed by atoms with Gasteiger partial charge in [0.2, 0.25) is 0 Å². The van der Waals surface area contributed by atoms with Gasteiger partial charge >= 0.3 is 0 Å². The number of ether oxygens (including phenoxy) is 2. The molecule has 0 fully saturated rings. The third-order valence-corrected chi connectivity index (χ3v) is 16.6. The molecule has 0 saturated heterocycles. The fourth-order valence-corrected chi connectivity index (χ4v) is 10.6. The second-order valence-corrected chi connectivity index (χ2v) is 25.9. The first kappa shape index (κ1) is 73.0. The molecule has 0 bridgehead atoms. The Labute approximate surface area is 570 Å². The smallest absolute Gasteiger partial charge is 0.253 e. The van der Waals surface area contributed by atoms with E-state index in [0.717, 1.165) is 156 Å². The Kier molecular flexibility index (Phi) is 28.6. The Bertz CT molecular complexity index is 3410. The number of rotatable bonds is 28. The molecule has 2 aliphatic rings. The van der Waals surface area contributed by atoms with Crippen LogP contribution in [0.2, 0.25) is 0 Å². The first-order valence-electron chi connectivity index (χ1n) is 32.9. The maximum Gasteiger partial charge on any atom is 0.253 e. The minimum atomic E-state index is -0.443. The number of aliphatic hydroxyl groups excluding tert-OH is 2. The first-order chi connectivity index (χ1) is 44.9. The molecule has 493 valence electrons. The van der Waals surface area contributed by atoms with E-state index in [0.29, 0.717) is 32.7 Å². The Hall–Kier alpha value is -8.45. The van der Waals surface area contributed by atoms with E-state index < -0.39 is 12.2 Å². The summed E-state index contributed by atoms with van der Waals surface area (Å²) in [7, 11) is 0. The van der Waals surface area contributed by atoms with Crippen molar-refractivity contribution in [2.75, 3.05) is 26.3 Å². The van der Waals surface area contributed by atoms with Crippen LogP contribution in [0, 0.1) is 23.0 Å². The molecule has 4 heterocycles. The molecular weight excluding hydrogens is 1350 g/mol. The molecule has 13 heteroatoms. The van der Waals surface area contributed by atoms with E-state index in [4.69, 9.17) is 9.47 Å². The number of aliphatic hydroxyl groups is 2. The number of imide groups is 2. The largest absolute Gasteiger partial charge is 0.494 e. The molecule has 0 saturated carbocycles. The second kappa shape index (κ2) is 36.9. The van der Waals surface area contributed by atoms with Crippen molar-refractivity contribution in [3.8, 4) is 78.5 Å².